The largest absolute Gasteiger partial charge is 0.379 e. The summed E-state index contributed by atoms with van der Waals surface area (Å²) in [5.74, 6) is 2.85. The van der Waals surface area contributed by atoms with Crippen molar-refractivity contribution >= 4 is 5.91 Å². The Balaban J connectivity index is 1.23. The van der Waals surface area contributed by atoms with E-state index in [1.807, 2.05) is 0 Å². The molecule has 4 bridgehead atoms. The number of carbonyl (C=O) groups excluding carboxylic acids is 1. The van der Waals surface area contributed by atoms with Crippen molar-refractivity contribution in [2.45, 2.75) is 63.1 Å². The summed E-state index contributed by atoms with van der Waals surface area (Å²) >= 11 is 0. The van der Waals surface area contributed by atoms with Gasteiger partial charge in [0.05, 0.1) is 0 Å². The number of carbonyl (C=O) groups is 1. The second-order valence-electron chi connectivity index (χ2n) is 9.83. The maximum Gasteiger partial charge on any atom is 0.256 e. The minimum Gasteiger partial charge on any atom is -0.379 e. The number of hydrogen-bond donors (Lipinski definition) is 2. The van der Waals surface area contributed by atoms with Gasteiger partial charge in [-0.1, -0.05) is 12.1 Å². The molecule has 2 N–H and O–H groups in total. The quantitative estimate of drug-likeness (QED) is 0.818. The molecule has 5 aliphatic rings. The number of amides is 1. The van der Waals surface area contributed by atoms with Gasteiger partial charge in [-0.3, -0.25) is 4.79 Å². The number of piperidine rings is 1. The first-order chi connectivity index (χ1) is 13.5. The second-order valence-corrected chi connectivity index (χ2v) is 9.83. The first-order valence-electron chi connectivity index (χ1n) is 11.0. The SMILES string of the molecule is O=C1N(Cc2ccc(F)cc2)CCCC1(O)CNC1C2CC3CC(C2)CC1C3. The summed E-state index contributed by atoms with van der Waals surface area (Å²) in [6.07, 6.45) is 8.06. The summed E-state index contributed by atoms with van der Waals surface area (Å²) in [4.78, 5) is 14.8. The highest BCUT2D eigenvalue weighted by Gasteiger charge is 2.49. The molecule has 1 saturated heterocycles. The highest BCUT2D eigenvalue weighted by atomic mass is 19.1. The van der Waals surface area contributed by atoms with E-state index in [9.17, 15) is 14.3 Å². The summed E-state index contributed by atoms with van der Waals surface area (Å²) in [5.41, 5.74) is -0.416. The number of halogens is 1. The van der Waals surface area contributed by atoms with Gasteiger partial charge in [0.25, 0.3) is 5.91 Å². The summed E-state index contributed by atoms with van der Waals surface area (Å²) < 4.78 is 13.1. The van der Waals surface area contributed by atoms with Crippen LogP contribution in [0.1, 0.15) is 50.5 Å². The van der Waals surface area contributed by atoms with Crippen LogP contribution in [0.5, 0.6) is 0 Å². The predicted molar refractivity (Wildman–Crippen MR) is 105 cm³/mol. The van der Waals surface area contributed by atoms with Crippen LogP contribution in [0.2, 0.25) is 0 Å². The molecule has 4 saturated carbocycles. The van der Waals surface area contributed by atoms with Crippen molar-refractivity contribution in [3.8, 4) is 0 Å². The third-order valence-electron chi connectivity index (χ3n) is 7.85. The van der Waals surface area contributed by atoms with Gasteiger partial charge in [-0.15, -0.1) is 0 Å². The van der Waals surface area contributed by atoms with Crippen LogP contribution in [0.4, 0.5) is 4.39 Å². The molecule has 4 nitrogen and oxygen atoms in total. The Kier molecular flexibility index (Phi) is 4.71. The fourth-order valence-corrected chi connectivity index (χ4v) is 6.74. The zero-order valence-corrected chi connectivity index (χ0v) is 16.4. The molecule has 1 aliphatic heterocycles. The van der Waals surface area contributed by atoms with E-state index < -0.39 is 5.60 Å². The lowest BCUT2D eigenvalue weighted by Crippen LogP contribution is -2.62. The lowest BCUT2D eigenvalue weighted by molar-refractivity contribution is -0.158. The number of nitrogens with zero attached hydrogens (tertiary/aromatic N) is 1. The van der Waals surface area contributed by atoms with E-state index in [4.69, 9.17) is 0 Å². The maximum absolute atomic E-state index is 13.1. The monoisotopic (exact) mass is 386 g/mol. The first kappa shape index (κ1) is 18.6. The Morgan fingerprint density at radius 1 is 1.07 bits per heavy atom. The molecule has 5 heteroatoms. The normalized spacial score (nSPS) is 39.6. The van der Waals surface area contributed by atoms with Crippen LogP contribution in [0.15, 0.2) is 24.3 Å². The van der Waals surface area contributed by atoms with Crippen molar-refractivity contribution in [3.05, 3.63) is 35.6 Å². The van der Waals surface area contributed by atoms with Crippen LogP contribution in [0.25, 0.3) is 0 Å². The summed E-state index contributed by atoms with van der Waals surface area (Å²) in [7, 11) is 0. The number of benzene rings is 1. The van der Waals surface area contributed by atoms with E-state index in [0.29, 0.717) is 32.1 Å². The van der Waals surface area contributed by atoms with Crippen molar-refractivity contribution in [2.75, 3.05) is 13.1 Å². The highest BCUT2D eigenvalue weighted by Crippen LogP contribution is 2.53. The van der Waals surface area contributed by atoms with Gasteiger partial charge in [-0.05, 0) is 86.3 Å². The van der Waals surface area contributed by atoms with Gasteiger partial charge in [0.15, 0.2) is 5.60 Å². The van der Waals surface area contributed by atoms with E-state index >= 15 is 0 Å². The van der Waals surface area contributed by atoms with Crippen molar-refractivity contribution in [1.29, 1.82) is 0 Å². The topological polar surface area (TPSA) is 52.6 Å². The Labute approximate surface area is 166 Å². The first-order valence-corrected chi connectivity index (χ1v) is 11.0. The van der Waals surface area contributed by atoms with Gasteiger partial charge in [0.2, 0.25) is 0 Å². The molecular formula is C23H31FN2O2. The Morgan fingerprint density at radius 3 is 2.36 bits per heavy atom. The number of rotatable bonds is 5. The number of likely N-dealkylation sites (tertiary alicyclic amines) is 1. The zero-order chi connectivity index (χ0) is 19.3. The third-order valence-corrected chi connectivity index (χ3v) is 7.85. The fraction of sp³-hybridized carbons (Fsp3) is 0.696. The lowest BCUT2D eigenvalue weighted by atomic mass is 9.54. The molecule has 1 amide bonds. The predicted octanol–water partition coefficient (Wildman–Crippen LogP) is 3.09. The molecule has 0 radical (unpaired) electrons. The summed E-state index contributed by atoms with van der Waals surface area (Å²) in [6, 6.07) is 6.73. The number of aliphatic hydroxyl groups is 1. The molecule has 1 heterocycles. The average Bonchev–Trinajstić information content (AvgIpc) is 2.66. The van der Waals surface area contributed by atoms with E-state index in [-0.39, 0.29) is 11.7 Å². The van der Waals surface area contributed by atoms with Crippen molar-refractivity contribution in [3.63, 3.8) is 0 Å². The minimum atomic E-state index is -1.31. The van der Waals surface area contributed by atoms with Crippen LogP contribution >= 0.6 is 0 Å². The molecule has 0 aromatic heterocycles. The molecule has 28 heavy (non-hydrogen) atoms. The van der Waals surface area contributed by atoms with E-state index in [2.05, 4.69) is 5.32 Å². The van der Waals surface area contributed by atoms with Crippen LogP contribution < -0.4 is 5.32 Å². The molecule has 0 spiro atoms. The number of nitrogens with one attached hydrogen (secondary N) is 1. The van der Waals surface area contributed by atoms with Crippen LogP contribution in [0.3, 0.4) is 0 Å². The van der Waals surface area contributed by atoms with Gasteiger partial charge in [0.1, 0.15) is 5.82 Å². The molecule has 6 rings (SSSR count). The fourth-order valence-electron chi connectivity index (χ4n) is 6.74. The van der Waals surface area contributed by atoms with Crippen LogP contribution in [0, 0.1) is 29.5 Å². The molecule has 5 fully saturated rings. The zero-order valence-electron chi connectivity index (χ0n) is 16.4. The third kappa shape index (κ3) is 3.37. The molecule has 4 aliphatic carbocycles. The van der Waals surface area contributed by atoms with Crippen LogP contribution in [-0.2, 0) is 11.3 Å². The van der Waals surface area contributed by atoms with Crippen molar-refractivity contribution < 1.29 is 14.3 Å². The van der Waals surface area contributed by atoms with Gasteiger partial charge in [0, 0.05) is 25.7 Å². The van der Waals surface area contributed by atoms with Crippen LogP contribution in [-0.4, -0.2) is 40.6 Å². The van der Waals surface area contributed by atoms with Crippen molar-refractivity contribution in [2.24, 2.45) is 23.7 Å². The number of hydrogen-bond acceptors (Lipinski definition) is 3. The van der Waals surface area contributed by atoms with E-state index in [1.54, 1.807) is 17.0 Å². The smallest absolute Gasteiger partial charge is 0.256 e. The Morgan fingerprint density at radius 2 is 1.71 bits per heavy atom. The van der Waals surface area contributed by atoms with Gasteiger partial charge in [-0.2, -0.15) is 0 Å². The second kappa shape index (κ2) is 7.10. The minimum absolute atomic E-state index is 0.181. The Bertz CT molecular complexity index is 709. The standard InChI is InChI=1S/C23H31FN2O2/c24-20-4-2-15(3-5-20)13-26-7-1-6-23(28,22(26)27)14-25-21-18-9-16-8-17(11-18)12-19(21)10-16/h2-5,16-19,21,25,28H,1,6-14H2. The van der Waals surface area contributed by atoms with E-state index in [0.717, 1.165) is 35.7 Å². The van der Waals surface area contributed by atoms with Crippen molar-refractivity contribution in [1.82, 2.24) is 10.2 Å². The lowest BCUT2D eigenvalue weighted by Gasteiger charge is -2.55. The highest BCUT2D eigenvalue weighted by molar-refractivity contribution is 5.86. The Hall–Kier alpha value is -1.46. The maximum atomic E-state index is 13.1. The molecular weight excluding hydrogens is 355 g/mol. The molecule has 1 aromatic carbocycles. The summed E-state index contributed by atoms with van der Waals surface area (Å²) in [6.45, 7) is 1.44. The van der Waals surface area contributed by atoms with E-state index in [1.165, 1.54) is 44.2 Å². The summed E-state index contributed by atoms with van der Waals surface area (Å²) in [5, 5.41) is 14.8. The molecule has 152 valence electrons. The van der Waals surface area contributed by atoms with Gasteiger partial charge in [-0.25, -0.2) is 4.39 Å². The average molecular weight is 387 g/mol. The molecule has 1 aromatic rings. The molecule has 1 unspecified atom stereocenters. The van der Waals surface area contributed by atoms with Gasteiger partial charge >= 0.3 is 0 Å². The van der Waals surface area contributed by atoms with Gasteiger partial charge < -0.3 is 15.3 Å². The molecule has 1 atom stereocenters.